The Labute approximate surface area is 99.0 Å². The third kappa shape index (κ3) is 3.43. The zero-order valence-electron chi connectivity index (χ0n) is 9.51. The second kappa shape index (κ2) is 6.40. The highest BCUT2D eigenvalue weighted by atomic mass is 32.2. The Balaban J connectivity index is 2.96. The van der Waals surface area contributed by atoms with Gasteiger partial charge in [0.05, 0.1) is 4.90 Å². The van der Waals surface area contributed by atoms with E-state index in [-0.39, 0.29) is 0 Å². The van der Waals surface area contributed by atoms with E-state index in [9.17, 15) is 4.21 Å². The lowest BCUT2D eigenvalue weighted by molar-refractivity contribution is 0.564. The summed E-state index contributed by atoms with van der Waals surface area (Å²) in [5, 5.41) is 0. The molecule has 1 atom stereocenters. The van der Waals surface area contributed by atoms with Gasteiger partial charge in [-0.15, -0.1) is 0 Å². The van der Waals surface area contributed by atoms with Crippen LogP contribution in [0.5, 0.6) is 0 Å². The maximum Gasteiger partial charge on any atom is 0.186 e. The van der Waals surface area contributed by atoms with E-state index in [1.807, 2.05) is 25.1 Å². The average Bonchev–Trinajstić information content (AvgIpc) is 2.30. The topological polar surface area (TPSA) is 37.3 Å². The molecule has 16 heavy (non-hydrogen) atoms. The van der Waals surface area contributed by atoms with Gasteiger partial charge in [0.25, 0.3) is 0 Å². The summed E-state index contributed by atoms with van der Waals surface area (Å²) in [4.78, 5) is 0.429. The van der Waals surface area contributed by atoms with Gasteiger partial charge < -0.3 is 4.55 Å². The Morgan fingerprint density at radius 3 is 2.44 bits per heavy atom. The van der Waals surface area contributed by atoms with Crippen LogP contribution >= 0.6 is 0 Å². The Hall–Kier alpha value is -1.19. The van der Waals surface area contributed by atoms with Gasteiger partial charge in [0.2, 0.25) is 0 Å². The second-order valence-corrected chi connectivity index (χ2v) is 4.30. The first-order valence-corrected chi connectivity index (χ1v) is 6.33. The normalized spacial score (nSPS) is 14.3. The largest absolute Gasteiger partial charge is 0.302 e. The molecule has 0 aliphatic carbocycles. The first-order valence-electron chi connectivity index (χ1n) is 5.23. The van der Waals surface area contributed by atoms with Gasteiger partial charge in [-0.3, -0.25) is 0 Å². The van der Waals surface area contributed by atoms with Crippen molar-refractivity contribution < 1.29 is 8.76 Å². The molecule has 1 aromatic carbocycles. The third-order valence-electron chi connectivity index (χ3n) is 2.23. The Kier molecular flexibility index (Phi) is 5.15. The van der Waals surface area contributed by atoms with Gasteiger partial charge >= 0.3 is 0 Å². The number of rotatable bonds is 4. The Bertz CT molecular complexity index is 416. The second-order valence-electron chi connectivity index (χ2n) is 3.33. The molecule has 0 saturated carbocycles. The molecule has 0 amide bonds. The standard InChI is InChI=1S/C13H16O2S/c1-3-5-6-11(4-2)12-7-9-13(10-8-12)16(14)15/h4-10H,3H2,1-2H3,(H,14,15)/b6-5-,11-4+. The SMILES string of the molecule is C/C=C(\C=C/CC)c1ccc(S(=O)O)cc1. The van der Waals surface area contributed by atoms with Crippen molar-refractivity contribution in [3.05, 3.63) is 48.1 Å². The fourth-order valence-corrected chi connectivity index (χ4v) is 1.74. The van der Waals surface area contributed by atoms with Crippen LogP contribution in [0.4, 0.5) is 0 Å². The van der Waals surface area contributed by atoms with Crippen molar-refractivity contribution in [1.82, 2.24) is 0 Å². The molecule has 0 aliphatic heterocycles. The van der Waals surface area contributed by atoms with Gasteiger partial charge in [0, 0.05) is 0 Å². The van der Waals surface area contributed by atoms with Gasteiger partial charge in [-0.1, -0.05) is 37.3 Å². The lowest BCUT2D eigenvalue weighted by Gasteiger charge is -2.02. The Morgan fingerprint density at radius 2 is 2.00 bits per heavy atom. The molecule has 0 aromatic heterocycles. The van der Waals surface area contributed by atoms with Crippen molar-refractivity contribution in [3.8, 4) is 0 Å². The summed E-state index contributed by atoms with van der Waals surface area (Å²) in [6, 6.07) is 7.07. The summed E-state index contributed by atoms with van der Waals surface area (Å²) in [5.41, 5.74) is 2.18. The molecule has 2 nitrogen and oxygen atoms in total. The molecule has 0 spiro atoms. The van der Waals surface area contributed by atoms with Gasteiger partial charge in [0.1, 0.15) is 0 Å². The Morgan fingerprint density at radius 1 is 1.38 bits per heavy atom. The molecular weight excluding hydrogens is 220 g/mol. The highest BCUT2D eigenvalue weighted by molar-refractivity contribution is 7.79. The molecule has 0 aliphatic rings. The van der Waals surface area contributed by atoms with Crippen molar-refractivity contribution >= 4 is 16.7 Å². The van der Waals surface area contributed by atoms with E-state index in [0.717, 1.165) is 17.6 Å². The molecule has 1 unspecified atom stereocenters. The fraction of sp³-hybridized carbons (Fsp3) is 0.231. The van der Waals surface area contributed by atoms with Crippen LogP contribution in [0.1, 0.15) is 25.8 Å². The minimum absolute atomic E-state index is 0.429. The molecule has 0 fully saturated rings. The summed E-state index contributed by atoms with van der Waals surface area (Å²) in [5.74, 6) is 0. The molecule has 3 heteroatoms. The first kappa shape index (κ1) is 12.9. The average molecular weight is 236 g/mol. The van der Waals surface area contributed by atoms with Crippen LogP contribution in [-0.2, 0) is 11.1 Å². The summed E-state index contributed by atoms with van der Waals surface area (Å²) in [7, 11) is 0. The molecule has 1 aromatic rings. The van der Waals surface area contributed by atoms with Crippen molar-refractivity contribution in [2.75, 3.05) is 0 Å². The van der Waals surface area contributed by atoms with Crippen molar-refractivity contribution in [3.63, 3.8) is 0 Å². The summed E-state index contributed by atoms with van der Waals surface area (Å²) in [6.45, 7) is 4.06. The maximum atomic E-state index is 10.8. The molecule has 0 bridgehead atoms. The highest BCUT2D eigenvalue weighted by Crippen LogP contribution is 2.17. The maximum absolute atomic E-state index is 10.8. The minimum Gasteiger partial charge on any atom is -0.302 e. The molecule has 86 valence electrons. The van der Waals surface area contributed by atoms with E-state index in [4.69, 9.17) is 4.55 Å². The van der Waals surface area contributed by atoms with Gasteiger partial charge in [-0.25, -0.2) is 4.21 Å². The summed E-state index contributed by atoms with van der Waals surface area (Å²) in [6.07, 6.45) is 7.17. The number of hydrogen-bond acceptors (Lipinski definition) is 1. The number of benzene rings is 1. The summed E-state index contributed by atoms with van der Waals surface area (Å²) < 4.78 is 19.7. The van der Waals surface area contributed by atoms with Crippen molar-refractivity contribution in [2.24, 2.45) is 0 Å². The van der Waals surface area contributed by atoms with Crippen LogP contribution in [0.25, 0.3) is 5.57 Å². The lowest BCUT2D eigenvalue weighted by atomic mass is 10.1. The lowest BCUT2D eigenvalue weighted by Crippen LogP contribution is -1.88. The minimum atomic E-state index is -1.90. The molecule has 0 radical (unpaired) electrons. The van der Waals surface area contributed by atoms with Crippen LogP contribution in [0, 0.1) is 0 Å². The third-order valence-corrected chi connectivity index (χ3v) is 2.91. The van der Waals surface area contributed by atoms with Gasteiger partial charge in [0.15, 0.2) is 11.1 Å². The molecule has 1 N–H and O–H groups in total. The van der Waals surface area contributed by atoms with E-state index in [1.165, 1.54) is 0 Å². The van der Waals surface area contributed by atoms with Crippen LogP contribution in [0.2, 0.25) is 0 Å². The number of hydrogen-bond donors (Lipinski definition) is 1. The first-order chi connectivity index (χ1) is 7.69. The van der Waals surface area contributed by atoms with Crippen LogP contribution in [-0.4, -0.2) is 8.76 Å². The predicted octanol–water partition coefficient (Wildman–Crippen LogP) is 3.64. The fourth-order valence-electron chi connectivity index (χ4n) is 1.37. The van der Waals surface area contributed by atoms with Crippen LogP contribution in [0.15, 0.2) is 47.4 Å². The summed E-state index contributed by atoms with van der Waals surface area (Å²) >= 11 is -1.90. The zero-order chi connectivity index (χ0) is 12.0. The van der Waals surface area contributed by atoms with Crippen molar-refractivity contribution in [1.29, 1.82) is 0 Å². The zero-order valence-corrected chi connectivity index (χ0v) is 10.3. The van der Waals surface area contributed by atoms with Crippen LogP contribution < -0.4 is 0 Å². The molecular formula is C13H16O2S. The smallest absolute Gasteiger partial charge is 0.186 e. The van der Waals surface area contributed by atoms with E-state index >= 15 is 0 Å². The van der Waals surface area contributed by atoms with E-state index < -0.39 is 11.1 Å². The van der Waals surface area contributed by atoms with Gasteiger partial charge in [-0.05, 0) is 36.6 Å². The van der Waals surface area contributed by atoms with Crippen molar-refractivity contribution in [2.45, 2.75) is 25.2 Å². The number of allylic oxidation sites excluding steroid dienone is 4. The van der Waals surface area contributed by atoms with Gasteiger partial charge in [-0.2, -0.15) is 0 Å². The van der Waals surface area contributed by atoms with E-state index in [1.54, 1.807) is 12.1 Å². The molecule has 1 rings (SSSR count). The highest BCUT2D eigenvalue weighted by Gasteiger charge is 2.00. The van der Waals surface area contributed by atoms with Crippen LogP contribution in [0.3, 0.4) is 0 Å². The predicted molar refractivity (Wildman–Crippen MR) is 68.6 cm³/mol. The molecule has 0 heterocycles. The quantitative estimate of drug-likeness (QED) is 0.640. The monoisotopic (exact) mass is 236 g/mol. The van der Waals surface area contributed by atoms with E-state index in [2.05, 4.69) is 19.1 Å². The van der Waals surface area contributed by atoms with E-state index in [0.29, 0.717) is 4.90 Å². The molecule has 0 saturated heterocycles.